The summed E-state index contributed by atoms with van der Waals surface area (Å²) in [5.41, 5.74) is 1.56. The maximum Gasteiger partial charge on any atom is 0.416 e. The number of benzene rings is 3. The van der Waals surface area contributed by atoms with Gasteiger partial charge in [0.25, 0.3) is 0 Å². The molecule has 2 amide bonds. The van der Waals surface area contributed by atoms with Gasteiger partial charge in [0.05, 0.1) is 17.5 Å². The number of hydrogen-bond donors (Lipinski definition) is 3. The average Bonchev–Trinajstić information content (AvgIpc) is 2.84. The fraction of sp³-hybridized carbons (Fsp3) is 0.259. The van der Waals surface area contributed by atoms with E-state index < -0.39 is 35.7 Å². The first-order valence-corrected chi connectivity index (χ1v) is 11.7. The Hall–Kier alpha value is -3.52. The number of urea groups is 1. The van der Waals surface area contributed by atoms with Gasteiger partial charge in [0.2, 0.25) is 0 Å². The molecule has 0 bridgehead atoms. The number of carbonyl (C=O) groups is 2. The highest BCUT2D eigenvalue weighted by molar-refractivity contribution is 6.31. The lowest BCUT2D eigenvalue weighted by Crippen LogP contribution is -2.37. The van der Waals surface area contributed by atoms with Gasteiger partial charge in [0.15, 0.2) is 0 Å². The summed E-state index contributed by atoms with van der Waals surface area (Å²) in [5.74, 6) is -1.93. The zero-order valence-electron chi connectivity index (χ0n) is 19.7. The molecule has 2 unspecified atom stereocenters. The minimum Gasteiger partial charge on any atom is -0.481 e. The molecule has 0 aliphatic heterocycles. The summed E-state index contributed by atoms with van der Waals surface area (Å²) in [6.07, 6.45) is -4.27. The lowest BCUT2D eigenvalue weighted by molar-refractivity contribution is -0.139. The van der Waals surface area contributed by atoms with Crippen molar-refractivity contribution in [1.82, 2.24) is 10.6 Å². The Kier molecular flexibility index (Phi) is 8.63. The molecule has 0 radical (unpaired) electrons. The van der Waals surface area contributed by atoms with Gasteiger partial charge in [0, 0.05) is 11.6 Å². The van der Waals surface area contributed by atoms with Crippen LogP contribution < -0.4 is 10.6 Å². The molecule has 3 rings (SSSR count). The second-order valence-corrected chi connectivity index (χ2v) is 8.84. The summed E-state index contributed by atoms with van der Waals surface area (Å²) in [6, 6.07) is 15.9. The minimum atomic E-state index is -4.58. The number of rotatable bonds is 8. The van der Waals surface area contributed by atoms with Gasteiger partial charge in [-0.25, -0.2) is 4.79 Å². The predicted molar refractivity (Wildman–Crippen MR) is 133 cm³/mol. The van der Waals surface area contributed by atoms with Crippen molar-refractivity contribution in [2.24, 2.45) is 0 Å². The van der Waals surface area contributed by atoms with Crippen LogP contribution in [0.2, 0.25) is 5.02 Å². The quantitative estimate of drug-likeness (QED) is 0.296. The molecule has 0 aromatic heterocycles. The molecule has 5 nitrogen and oxygen atoms in total. The van der Waals surface area contributed by atoms with E-state index in [1.165, 1.54) is 19.1 Å². The third-order valence-electron chi connectivity index (χ3n) is 5.87. The molecule has 190 valence electrons. The zero-order valence-corrected chi connectivity index (χ0v) is 20.5. The zero-order chi connectivity index (χ0) is 26.5. The number of hydrogen-bond acceptors (Lipinski definition) is 2. The molecule has 0 aliphatic carbocycles. The Bertz CT molecular complexity index is 1230. The van der Waals surface area contributed by atoms with Crippen molar-refractivity contribution in [2.75, 3.05) is 0 Å². The van der Waals surface area contributed by atoms with Crippen molar-refractivity contribution in [3.05, 3.63) is 94.0 Å². The van der Waals surface area contributed by atoms with Crippen molar-refractivity contribution >= 4 is 23.6 Å². The highest BCUT2D eigenvalue weighted by Gasteiger charge is 2.32. The van der Waals surface area contributed by atoms with Crippen LogP contribution in [0.25, 0.3) is 11.1 Å². The summed E-state index contributed by atoms with van der Waals surface area (Å²) in [7, 11) is 0. The summed E-state index contributed by atoms with van der Waals surface area (Å²) in [6.45, 7) is 3.50. The maximum absolute atomic E-state index is 13.6. The molecule has 0 saturated carbocycles. The van der Waals surface area contributed by atoms with E-state index in [4.69, 9.17) is 11.6 Å². The molecular weight excluding hydrogens is 493 g/mol. The van der Waals surface area contributed by atoms with Gasteiger partial charge in [0.1, 0.15) is 0 Å². The molecule has 0 aliphatic rings. The Morgan fingerprint density at radius 2 is 1.72 bits per heavy atom. The van der Waals surface area contributed by atoms with Crippen molar-refractivity contribution < 1.29 is 27.9 Å². The second-order valence-electron chi connectivity index (χ2n) is 8.41. The third-order valence-corrected chi connectivity index (χ3v) is 6.08. The van der Waals surface area contributed by atoms with Crippen LogP contribution in [0, 0.1) is 0 Å². The first kappa shape index (κ1) is 27.1. The number of nitrogens with one attached hydrogen (secondary N) is 2. The molecule has 0 saturated heterocycles. The van der Waals surface area contributed by atoms with Crippen molar-refractivity contribution in [2.45, 2.75) is 44.9 Å². The smallest absolute Gasteiger partial charge is 0.416 e. The van der Waals surface area contributed by atoms with Crippen molar-refractivity contribution in [1.29, 1.82) is 0 Å². The van der Waals surface area contributed by atoms with E-state index in [0.717, 1.165) is 17.7 Å². The summed E-state index contributed by atoms with van der Waals surface area (Å²) < 4.78 is 40.7. The first-order valence-electron chi connectivity index (χ1n) is 11.3. The fourth-order valence-corrected chi connectivity index (χ4v) is 4.08. The number of carboxylic acid groups (broad SMARTS) is 1. The molecule has 3 N–H and O–H groups in total. The molecule has 9 heteroatoms. The monoisotopic (exact) mass is 518 g/mol. The van der Waals surface area contributed by atoms with Gasteiger partial charge < -0.3 is 15.7 Å². The third kappa shape index (κ3) is 6.79. The van der Waals surface area contributed by atoms with Crippen LogP contribution in [0.15, 0.2) is 66.7 Å². The first-order chi connectivity index (χ1) is 17.0. The molecule has 2 atom stereocenters. The van der Waals surface area contributed by atoms with E-state index in [-0.39, 0.29) is 17.1 Å². The van der Waals surface area contributed by atoms with Gasteiger partial charge >= 0.3 is 18.2 Å². The highest BCUT2D eigenvalue weighted by atomic mass is 35.5. The van der Waals surface area contributed by atoms with Crippen molar-refractivity contribution in [3.8, 4) is 11.1 Å². The molecular formula is C27H26ClF3N2O3. The Labute approximate surface area is 212 Å². The standard InChI is InChI=1S/C27H26ClF3N2O3/c1-3-24(33-26(36)32-15-17-7-5-4-6-8-17)23-14-20(27(29,30)31)9-10-22(23)19-11-18(12-21(28)13-19)16(2)25(34)35/h4-14,16,24H,3,15H2,1-2H3,(H,34,35)(H2,32,33,36). The Morgan fingerprint density at radius 3 is 2.33 bits per heavy atom. The lowest BCUT2D eigenvalue weighted by atomic mass is 9.89. The number of aliphatic carboxylic acids is 1. The van der Waals surface area contributed by atoms with Gasteiger partial charge in [-0.3, -0.25) is 4.79 Å². The average molecular weight is 519 g/mol. The van der Waals surface area contributed by atoms with E-state index in [2.05, 4.69) is 10.6 Å². The predicted octanol–water partition coefficient (Wildman–Crippen LogP) is 7.16. The molecule has 36 heavy (non-hydrogen) atoms. The van der Waals surface area contributed by atoms with Gasteiger partial charge in [-0.15, -0.1) is 0 Å². The minimum absolute atomic E-state index is 0.249. The number of carboxylic acids is 1. The highest BCUT2D eigenvalue weighted by Crippen LogP contribution is 2.38. The molecule has 3 aromatic carbocycles. The van der Waals surface area contributed by atoms with Crippen LogP contribution in [0.3, 0.4) is 0 Å². The fourth-order valence-electron chi connectivity index (χ4n) is 3.84. The second kappa shape index (κ2) is 11.5. The van der Waals surface area contributed by atoms with E-state index in [9.17, 15) is 27.9 Å². The van der Waals surface area contributed by atoms with Crippen LogP contribution in [-0.4, -0.2) is 17.1 Å². The van der Waals surface area contributed by atoms with E-state index in [1.54, 1.807) is 19.1 Å². The van der Waals surface area contributed by atoms with Gasteiger partial charge in [-0.1, -0.05) is 61.0 Å². The normalized spacial score (nSPS) is 13.1. The van der Waals surface area contributed by atoms with E-state index in [0.29, 0.717) is 23.1 Å². The maximum atomic E-state index is 13.6. The number of amides is 2. The largest absolute Gasteiger partial charge is 0.481 e. The van der Waals surface area contributed by atoms with Crippen LogP contribution >= 0.6 is 11.6 Å². The molecule has 3 aromatic rings. The van der Waals surface area contributed by atoms with Gasteiger partial charge in [-0.2, -0.15) is 13.2 Å². The summed E-state index contributed by atoms with van der Waals surface area (Å²) in [5, 5.41) is 15.1. The Morgan fingerprint density at radius 1 is 1.03 bits per heavy atom. The molecule has 0 fully saturated rings. The number of halogens is 4. The number of alkyl halides is 3. The van der Waals surface area contributed by atoms with Crippen molar-refractivity contribution in [3.63, 3.8) is 0 Å². The molecule has 0 heterocycles. The van der Waals surface area contributed by atoms with Gasteiger partial charge in [-0.05, 0) is 65.4 Å². The number of carbonyl (C=O) groups excluding carboxylic acids is 1. The van der Waals surface area contributed by atoms with E-state index in [1.807, 2.05) is 30.3 Å². The molecule has 0 spiro atoms. The summed E-state index contributed by atoms with van der Waals surface area (Å²) in [4.78, 5) is 24.1. The Balaban J connectivity index is 2.00. The summed E-state index contributed by atoms with van der Waals surface area (Å²) >= 11 is 6.25. The van der Waals surface area contributed by atoms with Crippen LogP contribution in [0.5, 0.6) is 0 Å². The van der Waals surface area contributed by atoms with Crippen LogP contribution in [0.1, 0.15) is 54.5 Å². The van der Waals surface area contributed by atoms with E-state index >= 15 is 0 Å². The lowest BCUT2D eigenvalue weighted by Gasteiger charge is -2.23. The van der Waals surface area contributed by atoms with Crippen LogP contribution in [0.4, 0.5) is 18.0 Å². The van der Waals surface area contributed by atoms with Crippen LogP contribution in [-0.2, 0) is 17.5 Å². The SMILES string of the molecule is CCC(NC(=O)NCc1ccccc1)c1cc(C(F)(F)F)ccc1-c1cc(Cl)cc(C(C)C(=O)O)c1. The topological polar surface area (TPSA) is 78.4 Å².